The number of carbonyl (C=O) groups is 2. The maximum Gasteiger partial charge on any atom is 0.222 e. The molecule has 2 N–H and O–H groups in total. The summed E-state index contributed by atoms with van der Waals surface area (Å²) >= 11 is 0. The molecule has 1 aliphatic carbocycles. The van der Waals surface area contributed by atoms with Crippen LogP contribution in [0, 0.1) is 5.92 Å². The first kappa shape index (κ1) is 15.7. The zero-order chi connectivity index (χ0) is 16.1. The Morgan fingerprint density at radius 2 is 2.30 bits per heavy atom. The Morgan fingerprint density at radius 1 is 1.39 bits per heavy atom. The molecular weight excluding hydrogens is 294 g/mol. The number of carbonyl (C=O) groups excluding carboxylic acids is 2. The topological polar surface area (TPSA) is 88.9 Å². The lowest BCUT2D eigenvalue weighted by Gasteiger charge is -2.38. The fraction of sp³-hybridized carbons (Fsp3) is 0.625. The number of piperidine rings is 1. The minimum absolute atomic E-state index is 0.00185. The third kappa shape index (κ3) is 4.18. The fourth-order valence-corrected chi connectivity index (χ4v) is 3.42. The maximum atomic E-state index is 12.2. The van der Waals surface area contributed by atoms with E-state index in [4.69, 9.17) is 0 Å². The Hall–Kier alpha value is -2.18. The molecule has 23 heavy (non-hydrogen) atoms. The van der Waals surface area contributed by atoms with Crippen LogP contribution in [0.1, 0.15) is 38.5 Å². The van der Waals surface area contributed by atoms with E-state index in [2.05, 4.69) is 32.9 Å². The van der Waals surface area contributed by atoms with Crippen molar-refractivity contribution in [2.45, 2.75) is 57.2 Å². The van der Waals surface area contributed by atoms with Crippen LogP contribution in [0.15, 0.2) is 24.8 Å². The number of aromatic nitrogens is 3. The predicted octanol–water partition coefficient (Wildman–Crippen LogP) is 0.788. The molecule has 1 aromatic heterocycles. The van der Waals surface area contributed by atoms with Gasteiger partial charge in [0.15, 0.2) is 0 Å². The zero-order valence-corrected chi connectivity index (χ0v) is 13.1. The molecule has 0 bridgehead atoms. The van der Waals surface area contributed by atoms with Crippen molar-refractivity contribution in [3.05, 3.63) is 24.8 Å². The lowest BCUT2D eigenvalue weighted by atomic mass is 9.81. The van der Waals surface area contributed by atoms with E-state index in [1.165, 1.54) is 6.33 Å². The van der Waals surface area contributed by atoms with E-state index in [0.29, 0.717) is 31.7 Å². The molecular formula is C16H23N5O2. The molecule has 1 aromatic rings. The molecule has 2 heterocycles. The average molecular weight is 317 g/mol. The number of amides is 2. The van der Waals surface area contributed by atoms with Gasteiger partial charge < -0.3 is 10.6 Å². The van der Waals surface area contributed by atoms with E-state index in [1.807, 2.05) is 0 Å². The largest absolute Gasteiger partial charge is 0.351 e. The molecule has 3 rings (SSSR count). The molecule has 124 valence electrons. The normalized spacial score (nSPS) is 27.5. The van der Waals surface area contributed by atoms with Crippen LogP contribution in [0.4, 0.5) is 0 Å². The summed E-state index contributed by atoms with van der Waals surface area (Å²) in [5.74, 6) is 0.500. The van der Waals surface area contributed by atoms with E-state index < -0.39 is 0 Å². The zero-order valence-electron chi connectivity index (χ0n) is 13.1. The molecule has 2 amide bonds. The van der Waals surface area contributed by atoms with Gasteiger partial charge >= 0.3 is 0 Å². The van der Waals surface area contributed by atoms with E-state index in [1.54, 1.807) is 11.0 Å². The molecule has 0 radical (unpaired) electrons. The molecule has 1 aliphatic heterocycles. The predicted molar refractivity (Wildman–Crippen MR) is 84.2 cm³/mol. The highest BCUT2D eigenvalue weighted by atomic mass is 16.2. The maximum absolute atomic E-state index is 12.2. The quantitative estimate of drug-likeness (QED) is 0.786. The van der Waals surface area contributed by atoms with Gasteiger partial charge in [-0.2, -0.15) is 5.10 Å². The monoisotopic (exact) mass is 317 g/mol. The van der Waals surface area contributed by atoms with E-state index >= 15 is 0 Å². The summed E-state index contributed by atoms with van der Waals surface area (Å²) in [5.41, 5.74) is 0. The summed E-state index contributed by atoms with van der Waals surface area (Å²) in [5, 5.41) is 10.2. The highest BCUT2D eigenvalue weighted by Gasteiger charge is 2.35. The van der Waals surface area contributed by atoms with Gasteiger partial charge in [-0.25, -0.2) is 4.98 Å². The molecule has 0 saturated carbocycles. The first-order valence-corrected chi connectivity index (χ1v) is 8.28. The van der Waals surface area contributed by atoms with Crippen molar-refractivity contribution in [3.8, 4) is 0 Å². The summed E-state index contributed by atoms with van der Waals surface area (Å²) < 4.78 is 1.64. The van der Waals surface area contributed by atoms with Crippen molar-refractivity contribution in [3.63, 3.8) is 0 Å². The summed E-state index contributed by atoms with van der Waals surface area (Å²) in [6.45, 7) is 0.516. The number of hydrogen-bond acceptors (Lipinski definition) is 4. The van der Waals surface area contributed by atoms with Gasteiger partial charge in [0.25, 0.3) is 0 Å². The lowest BCUT2D eigenvalue weighted by molar-refractivity contribution is -0.127. The standard InChI is InChI=1S/C16H23N5O2/c22-14-7-6-13(16(20-14)12-4-2-1-3-5-12)19-15(23)8-9-21-11-17-10-18-21/h1-2,10-13,16H,3-9H2,(H,19,23)(H,20,22)/t12?,13-,16+/m1/s1. The summed E-state index contributed by atoms with van der Waals surface area (Å²) in [6.07, 6.45) is 12.1. The highest BCUT2D eigenvalue weighted by molar-refractivity contribution is 5.79. The van der Waals surface area contributed by atoms with Crippen LogP contribution >= 0.6 is 0 Å². The molecule has 7 heteroatoms. The van der Waals surface area contributed by atoms with Crippen molar-refractivity contribution in [2.24, 2.45) is 5.92 Å². The van der Waals surface area contributed by atoms with Crippen molar-refractivity contribution in [1.29, 1.82) is 0 Å². The van der Waals surface area contributed by atoms with Crippen LogP contribution in [0.5, 0.6) is 0 Å². The molecule has 7 nitrogen and oxygen atoms in total. The number of nitrogens with one attached hydrogen (secondary N) is 2. The Morgan fingerprint density at radius 3 is 3.04 bits per heavy atom. The van der Waals surface area contributed by atoms with E-state index in [-0.39, 0.29) is 23.9 Å². The SMILES string of the molecule is O=C(CCn1cncn1)N[C@@H]1CCC(=O)N[C@H]1C1CC=CCC1. The molecule has 1 unspecified atom stereocenters. The molecule has 3 atom stereocenters. The van der Waals surface area contributed by atoms with Gasteiger partial charge in [0.05, 0.1) is 12.6 Å². The Balaban J connectivity index is 1.56. The molecule has 0 aromatic carbocycles. The summed E-state index contributed by atoms with van der Waals surface area (Å²) in [4.78, 5) is 27.8. The van der Waals surface area contributed by atoms with Crippen LogP contribution in [0.25, 0.3) is 0 Å². The van der Waals surface area contributed by atoms with Gasteiger partial charge in [0.1, 0.15) is 12.7 Å². The molecule has 1 saturated heterocycles. The van der Waals surface area contributed by atoms with E-state index in [0.717, 1.165) is 19.3 Å². The summed E-state index contributed by atoms with van der Waals surface area (Å²) in [7, 11) is 0. The fourth-order valence-electron chi connectivity index (χ4n) is 3.42. The number of nitrogens with zero attached hydrogens (tertiary/aromatic N) is 3. The minimum Gasteiger partial charge on any atom is -0.351 e. The van der Waals surface area contributed by atoms with Crippen molar-refractivity contribution < 1.29 is 9.59 Å². The number of allylic oxidation sites excluding steroid dienone is 2. The minimum atomic E-state index is -0.00185. The van der Waals surface area contributed by atoms with Crippen molar-refractivity contribution in [2.75, 3.05) is 0 Å². The number of rotatable bonds is 5. The number of hydrogen-bond donors (Lipinski definition) is 2. The van der Waals surface area contributed by atoms with Gasteiger partial charge in [0.2, 0.25) is 11.8 Å². The highest BCUT2D eigenvalue weighted by Crippen LogP contribution is 2.27. The molecule has 0 spiro atoms. The second-order valence-corrected chi connectivity index (χ2v) is 6.26. The first-order chi connectivity index (χ1) is 11.2. The van der Waals surface area contributed by atoms with Gasteiger partial charge in [-0.1, -0.05) is 12.2 Å². The molecule has 2 aliphatic rings. The second kappa shape index (κ2) is 7.39. The lowest BCUT2D eigenvalue weighted by Crippen LogP contribution is -2.58. The smallest absolute Gasteiger partial charge is 0.222 e. The van der Waals surface area contributed by atoms with Crippen LogP contribution in [-0.2, 0) is 16.1 Å². The third-order valence-electron chi connectivity index (χ3n) is 4.64. The number of aryl methyl sites for hydroxylation is 1. The van der Waals surface area contributed by atoms with Crippen LogP contribution in [0.3, 0.4) is 0 Å². The summed E-state index contributed by atoms with van der Waals surface area (Å²) in [6, 6.07) is 0.0592. The van der Waals surface area contributed by atoms with Gasteiger partial charge in [-0.15, -0.1) is 0 Å². The van der Waals surface area contributed by atoms with Gasteiger partial charge in [-0.05, 0) is 31.6 Å². The molecule has 1 fully saturated rings. The second-order valence-electron chi connectivity index (χ2n) is 6.26. The van der Waals surface area contributed by atoms with Crippen LogP contribution in [-0.4, -0.2) is 38.7 Å². The van der Waals surface area contributed by atoms with Crippen LogP contribution < -0.4 is 10.6 Å². The van der Waals surface area contributed by atoms with Gasteiger partial charge in [0, 0.05) is 18.9 Å². The third-order valence-corrected chi connectivity index (χ3v) is 4.64. The van der Waals surface area contributed by atoms with Crippen LogP contribution in [0.2, 0.25) is 0 Å². The Kier molecular flexibility index (Phi) is 5.05. The Labute approximate surface area is 135 Å². The van der Waals surface area contributed by atoms with Crippen molar-refractivity contribution >= 4 is 11.8 Å². The van der Waals surface area contributed by atoms with Crippen molar-refractivity contribution in [1.82, 2.24) is 25.4 Å². The van der Waals surface area contributed by atoms with Gasteiger partial charge in [-0.3, -0.25) is 14.3 Å². The average Bonchev–Trinajstić information content (AvgIpc) is 3.09. The Bertz CT molecular complexity index is 569. The van der Waals surface area contributed by atoms with E-state index in [9.17, 15) is 9.59 Å². The first-order valence-electron chi connectivity index (χ1n) is 8.28.